The van der Waals surface area contributed by atoms with Crippen LogP contribution in [0.1, 0.15) is 30.6 Å². The van der Waals surface area contributed by atoms with Crippen molar-refractivity contribution in [1.29, 1.82) is 0 Å². The Morgan fingerprint density at radius 1 is 1.18 bits per heavy atom. The predicted molar refractivity (Wildman–Crippen MR) is 120 cm³/mol. The first-order valence-electron chi connectivity index (χ1n) is 10.8. The second kappa shape index (κ2) is 8.90. The molecule has 0 amide bonds. The highest BCUT2D eigenvalue weighted by atomic mass is 19.1. The van der Waals surface area contributed by atoms with Gasteiger partial charge in [0.1, 0.15) is 23.0 Å². The molecule has 1 saturated heterocycles. The average Bonchev–Trinajstić information content (AvgIpc) is 3.25. The van der Waals surface area contributed by atoms with Crippen LogP contribution in [0.25, 0.3) is 16.6 Å². The van der Waals surface area contributed by atoms with E-state index in [1.54, 1.807) is 0 Å². The van der Waals surface area contributed by atoms with E-state index >= 15 is 4.39 Å². The van der Waals surface area contributed by atoms with Crippen molar-refractivity contribution in [3.8, 4) is 5.69 Å². The van der Waals surface area contributed by atoms with Gasteiger partial charge in [-0.3, -0.25) is 4.79 Å². The quantitative estimate of drug-likeness (QED) is 0.584. The van der Waals surface area contributed by atoms with Crippen LogP contribution in [0.15, 0.2) is 41.3 Å². The Hall–Kier alpha value is -3.33. The number of carboxylic acids is 1. The van der Waals surface area contributed by atoms with Gasteiger partial charge in [0.15, 0.2) is 0 Å². The number of fused-ring (bicyclic) bond motifs is 1. The van der Waals surface area contributed by atoms with E-state index in [2.05, 4.69) is 12.2 Å². The topological polar surface area (TPSA) is 74.6 Å². The number of hydrogen-bond donors (Lipinski definition) is 2. The molecule has 1 aromatic heterocycles. The van der Waals surface area contributed by atoms with E-state index < -0.39 is 34.4 Å². The number of anilines is 1. The van der Waals surface area contributed by atoms with Gasteiger partial charge < -0.3 is 19.9 Å². The second-order valence-electron chi connectivity index (χ2n) is 8.30. The molecule has 1 fully saturated rings. The number of halogens is 3. The molecule has 0 bridgehead atoms. The molecule has 3 aromatic rings. The van der Waals surface area contributed by atoms with Crippen molar-refractivity contribution in [3.05, 3.63) is 69.8 Å². The third kappa shape index (κ3) is 4.20. The Morgan fingerprint density at radius 2 is 1.91 bits per heavy atom. The van der Waals surface area contributed by atoms with Crippen molar-refractivity contribution in [2.45, 2.75) is 26.3 Å². The van der Waals surface area contributed by atoms with Crippen molar-refractivity contribution in [3.63, 3.8) is 0 Å². The van der Waals surface area contributed by atoms with Crippen molar-refractivity contribution in [1.82, 2.24) is 9.88 Å². The molecule has 9 heteroatoms. The third-order valence-electron chi connectivity index (χ3n) is 6.27. The van der Waals surface area contributed by atoms with Crippen LogP contribution in [0.5, 0.6) is 0 Å². The molecule has 0 unspecified atom stereocenters. The lowest BCUT2D eigenvalue weighted by Crippen LogP contribution is -2.35. The van der Waals surface area contributed by atoms with Gasteiger partial charge in [0.2, 0.25) is 5.43 Å². The fraction of sp³-hybridized carbons (Fsp3) is 0.333. The SMILES string of the molecule is CCN[C@H](C)[C@@H]1CCN(c2cc3c(cc2F)c(=O)c(C(=O)O)cn3-c2ccc(F)cc2F)C1. The molecule has 1 aliphatic rings. The number of hydrogen-bond acceptors (Lipinski definition) is 4. The van der Waals surface area contributed by atoms with E-state index in [0.29, 0.717) is 25.1 Å². The van der Waals surface area contributed by atoms with Crippen LogP contribution in [0.4, 0.5) is 18.9 Å². The van der Waals surface area contributed by atoms with Gasteiger partial charge in [0, 0.05) is 36.8 Å². The predicted octanol–water partition coefficient (Wildman–Crippen LogP) is 3.93. The summed E-state index contributed by atoms with van der Waals surface area (Å²) in [4.78, 5) is 26.3. The molecule has 2 atom stereocenters. The van der Waals surface area contributed by atoms with Crippen LogP contribution < -0.4 is 15.6 Å². The smallest absolute Gasteiger partial charge is 0.341 e. The third-order valence-corrected chi connectivity index (χ3v) is 6.27. The van der Waals surface area contributed by atoms with Gasteiger partial charge in [-0.1, -0.05) is 6.92 Å². The number of aromatic nitrogens is 1. The monoisotopic (exact) mass is 459 g/mol. The molecule has 2 aromatic carbocycles. The summed E-state index contributed by atoms with van der Waals surface area (Å²) in [7, 11) is 0. The van der Waals surface area contributed by atoms with Crippen LogP contribution >= 0.6 is 0 Å². The average molecular weight is 459 g/mol. The van der Waals surface area contributed by atoms with E-state index in [9.17, 15) is 23.5 Å². The maximum absolute atomic E-state index is 15.2. The zero-order chi connectivity index (χ0) is 23.9. The van der Waals surface area contributed by atoms with Crippen molar-refractivity contribution < 1.29 is 23.1 Å². The molecule has 0 radical (unpaired) electrons. The van der Waals surface area contributed by atoms with Crippen LogP contribution in [0.2, 0.25) is 0 Å². The van der Waals surface area contributed by atoms with Gasteiger partial charge in [-0.05, 0) is 50.1 Å². The van der Waals surface area contributed by atoms with Gasteiger partial charge in [0.05, 0.1) is 16.9 Å². The number of pyridine rings is 1. The number of carboxylic acid groups (broad SMARTS) is 1. The summed E-state index contributed by atoms with van der Waals surface area (Å²) in [5.74, 6) is -3.63. The summed E-state index contributed by atoms with van der Waals surface area (Å²) < 4.78 is 44.4. The molecule has 4 rings (SSSR count). The fourth-order valence-corrected chi connectivity index (χ4v) is 4.51. The minimum atomic E-state index is -1.53. The zero-order valence-electron chi connectivity index (χ0n) is 18.2. The minimum Gasteiger partial charge on any atom is -0.477 e. The van der Waals surface area contributed by atoms with Gasteiger partial charge in [0.25, 0.3) is 0 Å². The summed E-state index contributed by atoms with van der Waals surface area (Å²) in [6.45, 7) is 6.12. The molecule has 33 heavy (non-hydrogen) atoms. The van der Waals surface area contributed by atoms with Gasteiger partial charge in [-0.2, -0.15) is 0 Å². The normalized spacial score (nSPS) is 17.0. The lowest BCUT2D eigenvalue weighted by atomic mass is 10.0. The molecule has 2 heterocycles. The van der Waals surface area contributed by atoms with Gasteiger partial charge >= 0.3 is 5.97 Å². The maximum Gasteiger partial charge on any atom is 0.341 e. The van der Waals surface area contributed by atoms with E-state index in [4.69, 9.17) is 0 Å². The Kier molecular flexibility index (Phi) is 6.16. The van der Waals surface area contributed by atoms with Crippen LogP contribution in [-0.4, -0.2) is 41.3 Å². The lowest BCUT2D eigenvalue weighted by Gasteiger charge is -2.23. The van der Waals surface area contributed by atoms with Crippen LogP contribution in [0, 0.1) is 23.4 Å². The van der Waals surface area contributed by atoms with E-state index in [1.807, 2.05) is 11.8 Å². The minimum absolute atomic E-state index is 0.134. The number of benzene rings is 2. The van der Waals surface area contributed by atoms with Crippen molar-refractivity contribution in [2.75, 3.05) is 24.5 Å². The Balaban J connectivity index is 1.89. The molecule has 0 aliphatic carbocycles. The summed E-state index contributed by atoms with van der Waals surface area (Å²) >= 11 is 0. The highest BCUT2D eigenvalue weighted by Crippen LogP contribution is 2.32. The zero-order valence-corrected chi connectivity index (χ0v) is 18.2. The number of nitrogens with one attached hydrogen (secondary N) is 1. The first kappa shape index (κ1) is 22.8. The molecule has 174 valence electrons. The maximum atomic E-state index is 15.2. The molecular formula is C24H24F3N3O3. The second-order valence-corrected chi connectivity index (χ2v) is 8.30. The Morgan fingerprint density at radius 3 is 2.58 bits per heavy atom. The number of aromatic carboxylic acids is 1. The molecular weight excluding hydrogens is 435 g/mol. The number of nitrogens with zero attached hydrogens (tertiary/aromatic N) is 2. The molecule has 0 saturated carbocycles. The summed E-state index contributed by atoms with van der Waals surface area (Å²) in [5, 5.41) is 12.6. The van der Waals surface area contributed by atoms with Crippen LogP contribution in [-0.2, 0) is 0 Å². The first-order valence-corrected chi connectivity index (χ1v) is 10.8. The standard InChI is InChI=1S/C24H24F3N3O3/c1-3-28-13(2)14-6-7-29(11-14)22-10-21-16(9-19(22)27)23(31)17(24(32)33)12-30(21)20-5-4-15(25)8-18(20)26/h4-5,8-10,12-14,28H,3,6-7,11H2,1-2H3,(H,32,33)/t13-,14-/m1/s1. The summed E-state index contributed by atoms with van der Waals surface area (Å²) in [6.07, 6.45) is 1.84. The fourth-order valence-electron chi connectivity index (χ4n) is 4.51. The van der Waals surface area contributed by atoms with Crippen molar-refractivity contribution in [2.24, 2.45) is 5.92 Å². The highest BCUT2D eigenvalue weighted by molar-refractivity contribution is 5.94. The number of rotatable bonds is 6. The van der Waals surface area contributed by atoms with E-state index in [0.717, 1.165) is 41.9 Å². The Labute approximate surface area is 188 Å². The van der Waals surface area contributed by atoms with E-state index in [-0.39, 0.29) is 28.3 Å². The first-order chi connectivity index (χ1) is 15.7. The molecule has 0 spiro atoms. The lowest BCUT2D eigenvalue weighted by molar-refractivity contribution is 0.0695. The van der Waals surface area contributed by atoms with Gasteiger partial charge in [-0.15, -0.1) is 0 Å². The highest BCUT2D eigenvalue weighted by Gasteiger charge is 2.29. The van der Waals surface area contributed by atoms with E-state index in [1.165, 1.54) is 6.07 Å². The van der Waals surface area contributed by atoms with Crippen molar-refractivity contribution >= 4 is 22.6 Å². The molecule has 1 aliphatic heterocycles. The molecule has 2 N–H and O–H groups in total. The summed E-state index contributed by atoms with van der Waals surface area (Å²) in [5.41, 5.74) is -1.29. The summed E-state index contributed by atoms with van der Waals surface area (Å²) in [6, 6.07) is 5.51. The number of carbonyl (C=O) groups is 1. The van der Waals surface area contributed by atoms with Crippen LogP contribution in [0.3, 0.4) is 0 Å². The molecule has 6 nitrogen and oxygen atoms in total. The van der Waals surface area contributed by atoms with Gasteiger partial charge in [-0.25, -0.2) is 18.0 Å². The Bertz CT molecular complexity index is 1290. The largest absolute Gasteiger partial charge is 0.477 e.